The van der Waals surface area contributed by atoms with E-state index in [0.717, 1.165) is 11.1 Å². The van der Waals surface area contributed by atoms with Gasteiger partial charge in [-0.15, -0.1) is 0 Å². The highest BCUT2D eigenvalue weighted by Gasteiger charge is 2.41. The minimum atomic E-state index is -3.93. The second-order valence-electron chi connectivity index (χ2n) is 11.0. The van der Waals surface area contributed by atoms with Crippen LogP contribution in [0.2, 0.25) is 0 Å². The fraction of sp³-hybridized carbons (Fsp3) is 0.484. The van der Waals surface area contributed by atoms with Crippen molar-refractivity contribution in [1.82, 2.24) is 9.80 Å². The van der Waals surface area contributed by atoms with Gasteiger partial charge in [-0.25, -0.2) is 18.4 Å². The number of hydrogen-bond donors (Lipinski definition) is 1. The van der Waals surface area contributed by atoms with Crippen molar-refractivity contribution in [3.8, 4) is 5.75 Å². The summed E-state index contributed by atoms with van der Waals surface area (Å²) in [5.41, 5.74) is 1.50. The zero-order chi connectivity index (χ0) is 30.6. The summed E-state index contributed by atoms with van der Waals surface area (Å²) in [7, 11) is -3.93. The summed E-state index contributed by atoms with van der Waals surface area (Å²) in [6, 6.07) is 11.9. The normalized spacial score (nSPS) is 16.0. The second-order valence-corrected chi connectivity index (χ2v) is 12.5. The molecular weight excluding hydrogens is 542 g/mol. The number of amides is 2. The molecule has 1 fully saturated rings. The minimum absolute atomic E-state index is 0.0141. The Hall–Kier alpha value is -3.37. The molecular formula is C31H43N3O6S. The number of likely N-dealkylation sites (tertiary alicyclic amines) is 1. The van der Waals surface area contributed by atoms with Gasteiger partial charge in [0.25, 0.3) is 5.91 Å². The monoisotopic (exact) mass is 585 g/mol. The van der Waals surface area contributed by atoms with E-state index in [9.17, 15) is 18.0 Å². The zero-order valence-corrected chi connectivity index (χ0v) is 26.0. The molecule has 0 radical (unpaired) electrons. The molecule has 2 N–H and O–H groups in total. The van der Waals surface area contributed by atoms with Crippen LogP contribution in [0.1, 0.15) is 82.8 Å². The van der Waals surface area contributed by atoms with Crippen LogP contribution in [0.4, 0.5) is 4.79 Å². The van der Waals surface area contributed by atoms with E-state index in [0.29, 0.717) is 55.9 Å². The Morgan fingerprint density at radius 3 is 2.12 bits per heavy atom. The molecule has 0 saturated carbocycles. The van der Waals surface area contributed by atoms with E-state index in [-0.39, 0.29) is 16.9 Å². The maximum absolute atomic E-state index is 12.8. The molecule has 2 aliphatic rings. The van der Waals surface area contributed by atoms with Crippen LogP contribution in [0.25, 0.3) is 5.57 Å². The van der Waals surface area contributed by atoms with Crippen LogP contribution in [0.3, 0.4) is 0 Å². The van der Waals surface area contributed by atoms with Crippen LogP contribution < -0.4 is 9.88 Å². The van der Waals surface area contributed by atoms with Gasteiger partial charge < -0.3 is 19.3 Å². The van der Waals surface area contributed by atoms with Crippen LogP contribution in [0, 0.1) is 0 Å². The first-order chi connectivity index (χ1) is 19.2. The van der Waals surface area contributed by atoms with Gasteiger partial charge in [0.2, 0.25) is 10.0 Å². The number of nitrogens with zero attached hydrogens (tertiary/aromatic N) is 2. The Morgan fingerprint density at radius 1 is 1.02 bits per heavy atom. The second kappa shape index (κ2) is 12.7. The standard InChI is InChI=1S/C29H37N3O6S.C2H6/c1-6-31(7-2)26(33)21-10-8-20(9-11-21)24-19-29(14-16-32(17-15-29)27(34)38-28(3,4)5)37-25-13-12-22(18-23(24)25)39(30,35)36;1-2/h8-13,18-19H,6-7,14-17H2,1-5H3,(H2,30,35,36);1-2H3. The Morgan fingerprint density at radius 2 is 1.61 bits per heavy atom. The number of carbonyl (C=O) groups is 2. The SMILES string of the molecule is CC.CCN(CC)C(=O)c1ccc(C2=CC3(CCN(C(=O)OC(C)(C)C)CC3)Oc3ccc(S(N)(=O)=O)cc32)cc1. The Labute approximate surface area is 244 Å². The molecule has 2 aromatic carbocycles. The smallest absolute Gasteiger partial charge is 0.410 e. The van der Waals surface area contributed by atoms with Crippen LogP contribution in [0.15, 0.2) is 53.4 Å². The maximum atomic E-state index is 12.8. The van der Waals surface area contributed by atoms with Crippen molar-refractivity contribution in [2.45, 2.75) is 77.4 Å². The molecule has 1 saturated heterocycles. The van der Waals surface area contributed by atoms with Crippen molar-refractivity contribution in [1.29, 1.82) is 0 Å². The van der Waals surface area contributed by atoms with Crippen molar-refractivity contribution in [2.24, 2.45) is 5.14 Å². The van der Waals surface area contributed by atoms with Gasteiger partial charge in [-0.2, -0.15) is 0 Å². The zero-order valence-electron chi connectivity index (χ0n) is 25.2. The predicted molar refractivity (Wildman–Crippen MR) is 160 cm³/mol. The van der Waals surface area contributed by atoms with Gasteiger partial charge in [0.05, 0.1) is 4.90 Å². The van der Waals surface area contributed by atoms with Crippen LogP contribution in [-0.4, -0.2) is 67.6 Å². The number of nitrogens with two attached hydrogens (primary N) is 1. The summed E-state index contributed by atoms with van der Waals surface area (Å²) in [4.78, 5) is 28.9. The molecule has 9 nitrogen and oxygen atoms in total. The fourth-order valence-corrected chi connectivity index (χ4v) is 5.48. The summed E-state index contributed by atoms with van der Waals surface area (Å²) in [6.45, 7) is 15.5. The summed E-state index contributed by atoms with van der Waals surface area (Å²) < 4.78 is 36.3. The van der Waals surface area contributed by atoms with Crippen molar-refractivity contribution < 1.29 is 27.5 Å². The fourth-order valence-electron chi connectivity index (χ4n) is 4.94. The molecule has 224 valence electrons. The number of sulfonamides is 1. The highest BCUT2D eigenvalue weighted by Crippen LogP contribution is 2.44. The summed E-state index contributed by atoms with van der Waals surface area (Å²) in [5, 5.41) is 5.43. The lowest BCUT2D eigenvalue weighted by molar-refractivity contribution is -0.00118. The van der Waals surface area contributed by atoms with Gasteiger partial charge >= 0.3 is 6.09 Å². The third kappa shape index (κ3) is 7.48. The highest BCUT2D eigenvalue weighted by molar-refractivity contribution is 7.89. The average Bonchev–Trinajstić information content (AvgIpc) is 2.93. The predicted octanol–water partition coefficient (Wildman–Crippen LogP) is 5.44. The largest absolute Gasteiger partial charge is 0.482 e. The van der Waals surface area contributed by atoms with E-state index in [1.807, 2.05) is 66.7 Å². The molecule has 2 aromatic rings. The van der Waals surface area contributed by atoms with Gasteiger partial charge in [-0.05, 0) is 82.2 Å². The first-order valence-corrected chi connectivity index (χ1v) is 15.8. The quantitative estimate of drug-likeness (QED) is 0.499. The van der Waals surface area contributed by atoms with E-state index in [1.54, 1.807) is 28.0 Å². The molecule has 2 amide bonds. The number of carbonyl (C=O) groups excluding carboxylic acids is 2. The molecule has 2 heterocycles. The molecule has 41 heavy (non-hydrogen) atoms. The molecule has 0 atom stereocenters. The highest BCUT2D eigenvalue weighted by atomic mass is 32.2. The topological polar surface area (TPSA) is 119 Å². The molecule has 4 rings (SSSR count). The summed E-state index contributed by atoms with van der Waals surface area (Å²) in [5.74, 6) is 0.490. The summed E-state index contributed by atoms with van der Waals surface area (Å²) in [6.07, 6.45) is 2.72. The van der Waals surface area contributed by atoms with Crippen LogP contribution in [-0.2, 0) is 14.8 Å². The van der Waals surface area contributed by atoms with E-state index in [2.05, 4.69) is 0 Å². The number of piperidine rings is 1. The number of fused-ring (bicyclic) bond motifs is 1. The average molecular weight is 586 g/mol. The lowest BCUT2D eigenvalue weighted by atomic mass is 9.83. The third-order valence-corrected chi connectivity index (χ3v) is 7.96. The van der Waals surface area contributed by atoms with Crippen molar-refractivity contribution in [3.05, 3.63) is 65.2 Å². The molecule has 2 aliphatic heterocycles. The van der Waals surface area contributed by atoms with Gasteiger partial charge in [-0.3, -0.25) is 4.79 Å². The molecule has 0 aliphatic carbocycles. The lowest BCUT2D eigenvalue weighted by Crippen LogP contribution is -2.50. The molecule has 0 bridgehead atoms. The summed E-state index contributed by atoms with van der Waals surface area (Å²) >= 11 is 0. The minimum Gasteiger partial charge on any atom is -0.482 e. The van der Waals surface area contributed by atoms with E-state index in [4.69, 9.17) is 14.6 Å². The maximum Gasteiger partial charge on any atom is 0.410 e. The van der Waals surface area contributed by atoms with E-state index in [1.165, 1.54) is 12.1 Å². The number of hydrogen-bond acceptors (Lipinski definition) is 6. The van der Waals surface area contributed by atoms with Crippen LogP contribution >= 0.6 is 0 Å². The van der Waals surface area contributed by atoms with Gasteiger partial charge in [0.15, 0.2) is 0 Å². The molecule has 1 spiro atoms. The third-order valence-electron chi connectivity index (χ3n) is 7.05. The number of primary sulfonamides is 1. The van der Waals surface area contributed by atoms with E-state index < -0.39 is 21.2 Å². The van der Waals surface area contributed by atoms with Gasteiger partial charge in [-0.1, -0.05) is 26.0 Å². The van der Waals surface area contributed by atoms with Crippen molar-refractivity contribution >= 4 is 27.6 Å². The van der Waals surface area contributed by atoms with Crippen LogP contribution in [0.5, 0.6) is 5.75 Å². The molecule has 0 unspecified atom stereocenters. The molecule has 0 aromatic heterocycles. The number of rotatable bonds is 5. The molecule has 10 heteroatoms. The number of ether oxygens (including phenoxy) is 2. The van der Waals surface area contributed by atoms with E-state index >= 15 is 0 Å². The van der Waals surface area contributed by atoms with Crippen molar-refractivity contribution in [3.63, 3.8) is 0 Å². The Balaban J connectivity index is 0.00000226. The lowest BCUT2D eigenvalue weighted by Gasteiger charge is -2.43. The Kier molecular flexibility index (Phi) is 9.92. The first-order valence-electron chi connectivity index (χ1n) is 14.2. The first kappa shape index (κ1) is 32.1. The van der Waals surface area contributed by atoms with Crippen molar-refractivity contribution in [2.75, 3.05) is 26.2 Å². The van der Waals surface area contributed by atoms with Gasteiger partial charge in [0.1, 0.15) is 17.0 Å². The number of benzene rings is 2. The Bertz CT molecular complexity index is 1380. The van der Waals surface area contributed by atoms with Gasteiger partial charge in [0, 0.05) is 50.1 Å².